The SMILES string of the molecule is O=[N+]([O-])c1ccc(C(O)CNC(=S)NC2CC3CCC2C3)cc1. The van der Waals surface area contributed by atoms with Crippen LogP contribution in [-0.2, 0) is 0 Å². The van der Waals surface area contributed by atoms with E-state index in [0.29, 0.717) is 16.7 Å². The second kappa shape index (κ2) is 6.80. The lowest BCUT2D eigenvalue weighted by molar-refractivity contribution is -0.384. The summed E-state index contributed by atoms with van der Waals surface area (Å²) in [5.74, 6) is 1.59. The molecule has 2 aliphatic rings. The molecule has 2 saturated carbocycles. The average Bonchev–Trinajstić information content (AvgIpc) is 3.15. The highest BCUT2D eigenvalue weighted by atomic mass is 32.1. The van der Waals surface area contributed by atoms with Crippen LogP contribution in [0.4, 0.5) is 5.69 Å². The standard InChI is InChI=1S/C16H21N3O3S/c20-15(11-3-5-13(6-4-11)19(21)22)9-17-16(23)18-14-8-10-1-2-12(14)7-10/h3-6,10,12,14-15,20H,1-2,7-9H2,(H2,17,18,23). The number of aliphatic hydroxyl groups excluding tert-OH is 1. The highest BCUT2D eigenvalue weighted by Gasteiger charge is 2.39. The van der Waals surface area contributed by atoms with Gasteiger partial charge in [-0.3, -0.25) is 10.1 Å². The summed E-state index contributed by atoms with van der Waals surface area (Å²) in [5, 5.41) is 27.7. The Balaban J connectivity index is 1.45. The van der Waals surface area contributed by atoms with Gasteiger partial charge in [0.25, 0.3) is 5.69 Å². The molecule has 1 aromatic carbocycles. The summed E-state index contributed by atoms with van der Waals surface area (Å²) in [6, 6.07) is 6.38. The number of rotatable bonds is 5. The molecule has 0 radical (unpaired) electrons. The van der Waals surface area contributed by atoms with Gasteiger partial charge < -0.3 is 15.7 Å². The van der Waals surface area contributed by atoms with Gasteiger partial charge in [0.15, 0.2) is 5.11 Å². The number of hydrogen-bond donors (Lipinski definition) is 3. The fraction of sp³-hybridized carbons (Fsp3) is 0.562. The molecule has 0 aromatic heterocycles. The monoisotopic (exact) mass is 335 g/mol. The molecule has 2 fully saturated rings. The molecule has 0 spiro atoms. The molecule has 0 saturated heterocycles. The molecule has 4 unspecified atom stereocenters. The van der Waals surface area contributed by atoms with E-state index >= 15 is 0 Å². The van der Waals surface area contributed by atoms with E-state index in [9.17, 15) is 15.2 Å². The van der Waals surface area contributed by atoms with E-state index in [1.54, 1.807) is 12.1 Å². The molecule has 0 aliphatic heterocycles. The quantitative estimate of drug-likeness (QED) is 0.435. The third-order valence-electron chi connectivity index (χ3n) is 5.00. The van der Waals surface area contributed by atoms with Crippen molar-refractivity contribution >= 4 is 23.0 Å². The molecule has 23 heavy (non-hydrogen) atoms. The topological polar surface area (TPSA) is 87.4 Å². The molecule has 2 bridgehead atoms. The second-order valence-corrected chi connectivity index (χ2v) is 6.91. The third-order valence-corrected chi connectivity index (χ3v) is 5.26. The molecule has 4 atom stereocenters. The maximum Gasteiger partial charge on any atom is 0.269 e. The zero-order chi connectivity index (χ0) is 16.4. The summed E-state index contributed by atoms with van der Waals surface area (Å²) in [7, 11) is 0. The molecule has 6 nitrogen and oxygen atoms in total. The maximum absolute atomic E-state index is 10.6. The van der Waals surface area contributed by atoms with Crippen LogP contribution in [0.15, 0.2) is 24.3 Å². The lowest BCUT2D eigenvalue weighted by atomic mass is 9.96. The highest BCUT2D eigenvalue weighted by Crippen LogP contribution is 2.44. The molecular formula is C16H21N3O3S. The van der Waals surface area contributed by atoms with Gasteiger partial charge in [0.05, 0.1) is 11.0 Å². The van der Waals surface area contributed by atoms with Crippen molar-refractivity contribution in [3.05, 3.63) is 39.9 Å². The zero-order valence-corrected chi connectivity index (χ0v) is 13.6. The molecule has 2 aliphatic carbocycles. The van der Waals surface area contributed by atoms with E-state index in [1.165, 1.54) is 37.8 Å². The van der Waals surface area contributed by atoms with E-state index in [4.69, 9.17) is 12.2 Å². The van der Waals surface area contributed by atoms with Crippen LogP contribution < -0.4 is 10.6 Å². The minimum Gasteiger partial charge on any atom is -0.387 e. The predicted molar refractivity (Wildman–Crippen MR) is 91.0 cm³/mol. The minimum atomic E-state index is -0.754. The smallest absolute Gasteiger partial charge is 0.269 e. The van der Waals surface area contributed by atoms with Crippen molar-refractivity contribution in [1.82, 2.24) is 10.6 Å². The third kappa shape index (κ3) is 3.79. The van der Waals surface area contributed by atoms with Crippen LogP contribution in [0.1, 0.15) is 37.4 Å². The molecule has 124 valence electrons. The lowest BCUT2D eigenvalue weighted by Crippen LogP contribution is -2.45. The van der Waals surface area contributed by atoms with Gasteiger partial charge in [0.2, 0.25) is 0 Å². The van der Waals surface area contributed by atoms with Gasteiger partial charge in [0.1, 0.15) is 0 Å². The Hall–Kier alpha value is -1.73. The van der Waals surface area contributed by atoms with Crippen molar-refractivity contribution in [2.24, 2.45) is 11.8 Å². The van der Waals surface area contributed by atoms with Gasteiger partial charge in [-0.25, -0.2) is 0 Å². The Kier molecular flexibility index (Phi) is 4.77. The number of non-ortho nitro benzene ring substituents is 1. The van der Waals surface area contributed by atoms with Crippen LogP contribution in [0.5, 0.6) is 0 Å². The Labute approximate surface area is 140 Å². The largest absolute Gasteiger partial charge is 0.387 e. The summed E-state index contributed by atoms with van der Waals surface area (Å²) >= 11 is 5.31. The van der Waals surface area contributed by atoms with E-state index in [0.717, 1.165) is 11.8 Å². The molecule has 0 amide bonds. The predicted octanol–water partition coefficient (Wildman–Crippen LogP) is 2.28. The number of fused-ring (bicyclic) bond motifs is 2. The van der Waals surface area contributed by atoms with Crippen LogP contribution in [0.2, 0.25) is 0 Å². The summed E-state index contributed by atoms with van der Waals surface area (Å²) in [5.41, 5.74) is 0.646. The average molecular weight is 335 g/mol. The van der Waals surface area contributed by atoms with Crippen LogP contribution in [-0.4, -0.2) is 27.7 Å². The maximum atomic E-state index is 10.6. The first kappa shape index (κ1) is 16.1. The van der Waals surface area contributed by atoms with Crippen LogP contribution in [0.3, 0.4) is 0 Å². The Morgan fingerprint density at radius 3 is 2.65 bits per heavy atom. The van der Waals surface area contributed by atoms with Gasteiger partial charge in [-0.15, -0.1) is 0 Å². The molecule has 3 N–H and O–H groups in total. The van der Waals surface area contributed by atoms with E-state index in [2.05, 4.69) is 10.6 Å². The van der Waals surface area contributed by atoms with Gasteiger partial charge in [-0.2, -0.15) is 0 Å². The number of nitro groups is 1. The Morgan fingerprint density at radius 1 is 1.35 bits per heavy atom. The summed E-state index contributed by atoms with van der Waals surface area (Å²) in [6.45, 7) is 0.282. The number of benzene rings is 1. The summed E-state index contributed by atoms with van der Waals surface area (Å²) < 4.78 is 0. The zero-order valence-electron chi connectivity index (χ0n) is 12.8. The first-order valence-electron chi connectivity index (χ1n) is 7.99. The van der Waals surface area contributed by atoms with Crippen molar-refractivity contribution in [2.75, 3.05) is 6.54 Å². The molecular weight excluding hydrogens is 314 g/mol. The van der Waals surface area contributed by atoms with Gasteiger partial charge in [-0.05, 0) is 61.0 Å². The number of nitro benzene ring substituents is 1. The van der Waals surface area contributed by atoms with E-state index < -0.39 is 11.0 Å². The first-order valence-corrected chi connectivity index (χ1v) is 8.40. The minimum absolute atomic E-state index is 0.0161. The number of thiocarbonyl (C=S) groups is 1. The highest BCUT2D eigenvalue weighted by molar-refractivity contribution is 7.80. The second-order valence-electron chi connectivity index (χ2n) is 6.50. The first-order chi connectivity index (χ1) is 11.0. The van der Waals surface area contributed by atoms with Crippen molar-refractivity contribution in [3.8, 4) is 0 Å². The number of hydrogen-bond acceptors (Lipinski definition) is 4. The van der Waals surface area contributed by atoms with E-state index in [-0.39, 0.29) is 12.2 Å². The molecule has 1 aromatic rings. The fourth-order valence-corrected chi connectivity index (χ4v) is 4.00. The van der Waals surface area contributed by atoms with Gasteiger partial charge in [-0.1, -0.05) is 6.42 Å². The molecule has 0 heterocycles. The number of aliphatic hydroxyl groups is 1. The van der Waals surface area contributed by atoms with Crippen LogP contribution in [0.25, 0.3) is 0 Å². The van der Waals surface area contributed by atoms with Crippen molar-refractivity contribution in [3.63, 3.8) is 0 Å². The summed E-state index contributed by atoms with van der Waals surface area (Å²) in [6.07, 6.45) is 4.39. The van der Waals surface area contributed by atoms with Gasteiger partial charge in [0, 0.05) is 24.7 Å². The summed E-state index contributed by atoms with van der Waals surface area (Å²) in [4.78, 5) is 10.2. The lowest BCUT2D eigenvalue weighted by Gasteiger charge is -2.25. The molecule has 7 heteroatoms. The number of nitrogens with zero attached hydrogens (tertiary/aromatic N) is 1. The van der Waals surface area contributed by atoms with Crippen LogP contribution >= 0.6 is 12.2 Å². The van der Waals surface area contributed by atoms with Gasteiger partial charge >= 0.3 is 0 Å². The van der Waals surface area contributed by atoms with Crippen molar-refractivity contribution < 1.29 is 10.0 Å². The normalized spacial score (nSPS) is 26.7. The number of nitrogens with one attached hydrogen (secondary N) is 2. The van der Waals surface area contributed by atoms with Crippen LogP contribution in [0, 0.1) is 22.0 Å². The fourth-order valence-electron chi connectivity index (χ4n) is 3.77. The van der Waals surface area contributed by atoms with Crippen molar-refractivity contribution in [2.45, 2.75) is 37.8 Å². The Bertz CT molecular complexity index is 593. The molecule has 3 rings (SSSR count). The van der Waals surface area contributed by atoms with Crippen molar-refractivity contribution in [1.29, 1.82) is 0 Å². The van der Waals surface area contributed by atoms with E-state index in [1.807, 2.05) is 0 Å². The Morgan fingerprint density at radius 2 is 2.09 bits per heavy atom.